The summed E-state index contributed by atoms with van der Waals surface area (Å²) in [6, 6.07) is 6.47. The molecule has 1 rings (SSSR count). The average Bonchev–Trinajstić information content (AvgIpc) is 2.50. The quantitative estimate of drug-likeness (QED) is 0.686. The minimum atomic E-state index is -0.547. The van der Waals surface area contributed by atoms with Crippen LogP contribution in [0.5, 0.6) is 5.75 Å². The van der Waals surface area contributed by atoms with Gasteiger partial charge in [-0.15, -0.1) is 0 Å². The predicted octanol–water partition coefficient (Wildman–Crippen LogP) is 2.36. The zero-order valence-corrected chi connectivity index (χ0v) is 14.0. The summed E-state index contributed by atoms with van der Waals surface area (Å²) in [5, 5.41) is 13.6. The molecule has 0 aliphatic heterocycles. The zero-order chi connectivity index (χ0) is 15.8. The second-order valence-electron chi connectivity index (χ2n) is 5.70. The zero-order valence-electron chi connectivity index (χ0n) is 14.0. The normalized spacial score (nSPS) is 14.2. The van der Waals surface area contributed by atoms with Crippen molar-refractivity contribution in [3.05, 3.63) is 29.3 Å². The molecule has 4 nitrogen and oxygen atoms in total. The number of benzene rings is 1. The van der Waals surface area contributed by atoms with E-state index in [1.807, 2.05) is 25.1 Å². The van der Waals surface area contributed by atoms with Gasteiger partial charge in [0.2, 0.25) is 0 Å². The van der Waals surface area contributed by atoms with Gasteiger partial charge in [-0.2, -0.15) is 0 Å². The number of nitrogens with zero attached hydrogens (tertiary/aromatic N) is 1. The lowest BCUT2D eigenvalue weighted by atomic mass is 10.1. The first-order valence-electron chi connectivity index (χ1n) is 7.73. The smallest absolute Gasteiger partial charge is 0.124 e. The van der Waals surface area contributed by atoms with Gasteiger partial charge >= 0.3 is 0 Å². The van der Waals surface area contributed by atoms with Crippen LogP contribution in [0.1, 0.15) is 37.5 Å². The van der Waals surface area contributed by atoms with Crippen LogP contribution >= 0.6 is 0 Å². The van der Waals surface area contributed by atoms with E-state index in [1.54, 1.807) is 7.11 Å². The highest BCUT2D eigenvalue weighted by Gasteiger charge is 2.13. The van der Waals surface area contributed by atoms with E-state index in [4.69, 9.17) is 4.74 Å². The number of likely N-dealkylation sites (N-methyl/N-ethyl adjacent to an activating group) is 1. The van der Waals surface area contributed by atoms with Gasteiger partial charge in [-0.05, 0) is 39.4 Å². The third-order valence-electron chi connectivity index (χ3n) is 4.07. The summed E-state index contributed by atoms with van der Waals surface area (Å²) in [6.45, 7) is 8.83. The summed E-state index contributed by atoms with van der Waals surface area (Å²) in [6.07, 6.45) is 0.605. The first kappa shape index (κ1) is 18.0. The van der Waals surface area contributed by atoms with E-state index in [0.717, 1.165) is 36.4 Å². The number of nitrogens with one attached hydrogen (secondary N) is 1. The Balaban J connectivity index is 2.44. The Bertz CT molecular complexity index is 423. The van der Waals surface area contributed by atoms with Crippen LogP contribution in [0.4, 0.5) is 0 Å². The highest BCUT2D eigenvalue weighted by atomic mass is 16.5. The number of methoxy groups -OCH3 is 1. The van der Waals surface area contributed by atoms with Gasteiger partial charge in [-0.3, -0.25) is 0 Å². The Hall–Kier alpha value is -1.10. The van der Waals surface area contributed by atoms with Crippen LogP contribution in [0.25, 0.3) is 0 Å². The van der Waals surface area contributed by atoms with Gasteiger partial charge in [0.05, 0.1) is 13.2 Å². The van der Waals surface area contributed by atoms with Crippen LogP contribution in [0.2, 0.25) is 0 Å². The van der Waals surface area contributed by atoms with E-state index in [1.165, 1.54) is 0 Å². The lowest BCUT2D eigenvalue weighted by Gasteiger charge is -2.24. The van der Waals surface area contributed by atoms with Gasteiger partial charge in [-0.1, -0.05) is 18.6 Å². The third kappa shape index (κ3) is 5.65. The molecule has 0 saturated heterocycles. The Morgan fingerprint density at radius 1 is 1.38 bits per heavy atom. The largest absolute Gasteiger partial charge is 0.496 e. The fraction of sp³-hybridized carbons (Fsp3) is 0.647. The summed E-state index contributed by atoms with van der Waals surface area (Å²) in [5.41, 5.74) is 1.97. The Kier molecular flexibility index (Phi) is 7.72. The monoisotopic (exact) mass is 294 g/mol. The Morgan fingerprint density at radius 2 is 2.10 bits per heavy atom. The van der Waals surface area contributed by atoms with Crippen molar-refractivity contribution in [2.24, 2.45) is 0 Å². The second-order valence-corrected chi connectivity index (χ2v) is 5.70. The highest BCUT2D eigenvalue weighted by Crippen LogP contribution is 2.25. The standard InChI is InChI=1S/C17H30N2O2/c1-6-14(3)19(4)10-9-18-12-16(20)15-11-13(2)7-8-17(15)21-5/h7-8,11,14,16,18,20H,6,9-10,12H2,1-5H3. The van der Waals surface area contributed by atoms with E-state index in [9.17, 15) is 5.11 Å². The molecule has 0 aromatic heterocycles. The minimum absolute atomic E-state index is 0.536. The van der Waals surface area contributed by atoms with Crippen molar-refractivity contribution in [2.75, 3.05) is 33.8 Å². The summed E-state index contributed by atoms with van der Waals surface area (Å²) in [5.74, 6) is 0.742. The molecule has 2 N–H and O–H groups in total. The van der Waals surface area contributed by atoms with Crippen molar-refractivity contribution in [1.29, 1.82) is 0 Å². The molecule has 2 unspecified atom stereocenters. The van der Waals surface area contributed by atoms with E-state index in [-0.39, 0.29) is 0 Å². The maximum absolute atomic E-state index is 10.3. The summed E-state index contributed by atoms with van der Waals surface area (Å²) < 4.78 is 5.32. The van der Waals surface area contributed by atoms with Crippen LogP contribution in [0, 0.1) is 6.92 Å². The van der Waals surface area contributed by atoms with Crippen LogP contribution in [0.3, 0.4) is 0 Å². The number of hydrogen-bond donors (Lipinski definition) is 2. The molecule has 0 radical (unpaired) electrons. The van der Waals surface area contributed by atoms with Crippen molar-refractivity contribution in [3.63, 3.8) is 0 Å². The van der Waals surface area contributed by atoms with Crippen molar-refractivity contribution >= 4 is 0 Å². The first-order valence-corrected chi connectivity index (χ1v) is 7.73. The maximum Gasteiger partial charge on any atom is 0.124 e. The Morgan fingerprint density at radius 3 is 2.71 bits per heavy atom. The molecule has 0 bridgehead atoms. The molecule has 0 heterocycles. The van der Waals surface area contributed by atoms with Gasteiger partial charge in [0.25, 0.3) is 0 Å². The second kappa shape index (κ2) is 9.03. The number of aliphatic hydroxyl groups is 1. The molecular formula is C17H30N2O2. The molecule has 0 amide bonds. The van der Waals surface area contributed by atoms with Crippen molar-refractivity contribution in [2.45, 2.75) is 39.3 Å². The first-order chi connectivity index (χ1) is 9.99. The van der Waals surface area contributed by atoms with Gasteiger partial charge in [0.15, 0.2) is 0 Å². The van der Waals surface area contributed by atoms with E-state index in [0.29, 0.717) is 12.6 Å². The van der Waals surface area contributed by atoms with Gasteiger partial charge in [0, 0.05) is 31.2 Å². The molecule has 0 saturated carbocycles. The summed E-state index contributed by atoms with van der Waals surface area (Å²) in [7, 11) is 3.77. The fourth-order valence-electron chi connectivity index (χ4n) is 2.25. The molecule has 0 spiro atoms. The van der Waals surface area contributed by atoms with Crippen LogP contribution in [0.15, 0.2) is 18.2 Å². The topological polar surface area (TPSA) is 44.7 Å². The molecule has 0 fully saturated rings. The molecule has 120 valence electrons. The minimum Gasteiger partial charge on any atom is -0.496 e. The molecule has 21 heavy (non-hydrogen) atoms. The number of aliphatic hydroxyl groups excluding tert-OH is 1. The molecule has 2 atom stereocenters. The van der Waals surface area contributed by atoms with E-state index >= 15 is 0 Å². The van der Waals surface area contributed by atoms with E-state index < -0.39 is 6.10 Å². The molecule has 0 aliphatic rings. The molecule has 0 aliphatic carbocycles. The van der Waals surface area contributed by atoms with Crippen molar-refractivity contribution in [1.82, 2.24) is 10.2 Å². The Labute approximate surface area is 129 Å². The van der Waals surface area contributed by atoms with Gasteiger partial charge in [0.1, 0.15) is 5.75 Å². The number of hydrogen-bond acceptors (Lipinski definition) is 4. The number of rotatable bonds is 9. The lowest BCUT2D eigenvalue weighted by molar-refractivity contribution is 0.167. The maximum atomic E-state index is 10.3. The van der Waals surface area contributed by atoms with Crippen LogP contribution in [-0.2, 0) is 0 Å². The van der Waals surface area contributed by atoms with E-state index in [2.05, 4.69) is 31.1 Å². The average molecular weight is 294 g/mol. The van der Waals surface area contributed by atoms with Crippen molar-refractivity contribution < 1.29 is 9.84 Å². The third-order valence-corrected chi connectivity index (χ3v) is 4.07. The number of aryl methyl sites for hydroxylation is 1. The predicted molar refractivity (Wildman–Crippen MR) is 87.9 cm³/mol. The SMILES string of the molecule is CCC(C)N(C)CCNCC(O)c1cc(C)ccc1OC. The van der Waals surface area contributed by atoms with Crippen molar-refractivity contribution in [3.8, 4) is 5.75 Å². The highest BCUT2D eigenvalue weighted by molar-refractivity contribution is 5.38. The summed E-state index contributed by atoms with van der Waals surface area (Å²) in [4.78, 5) is 2.33. The number of ether oxygens (including phenoxy) is 1. The van der Waals surface area contributed by atoms with Gasteiger partial charge in [-0.25, -0.2) is 0 Å². The van der Waals surface area contributed by atoms with Crippen LogP contribution in [-0.4, -0.2) is 49.8 Å². The lowest BCUT2D eigenvalue weighted by Crippen LogP contribution is -2.36. The van der Waals surface area contributed by atoms with Gasteiger partial charge < -0.3 is 20.1 Å². The molecular weight excluding hydrogens is 264 g/mol. The summed E-state index contributed by atoms with van der Waals surface area (Å²) >= 11 is 0. The molecule has 1 aromatic carbocycles. The molecule has 1 aromatic rings. The van der Waals surface area contributed by atoms with Crippen LogP contribution < -0.4 is 10.1 Å². The molecule has 4 heteroatoms. The fourth-order valence-corrected chi connectivity index (χ4v) is 2.25.